The van der Waals surface area contributed by atoms with E-state index in [1.54, 1.807) is 0 Å². The summed E-state index contributed by atoms with van der Waals surface area (Å²) < 4.78 is 0.153. The van der Waals surface area contributed by atoms with E-state index < -0.39 is 48.4 Å². The summed E-state index contributed by atoms with van der Waals surface area (Å²) in [6, 6.07) is 0.821. The topological polar surface area (TPSA) is 216 Å². The summed E-state index contributed by atoms with van der Waals surface area (Å²) >= 11 is 0. The lowest BCUT2D eigenvalue weighted by Crippen LogP contribution is -2.09. The third-order valence-electron chi connectivity index (χ3n) is 2.49. The number of hydrogen-bond donors (Lipinski definition) is 0. The number of nitro groups is 4. The predicted octanol–water partition coefficient (Wildman–Crippen LogP) is 0.295. The van der Waals surface area contributed by atoms with E-state index in [1.165, 1.54) is 0 Å². The van der Waals surface area contributed by atoms with Crippen molar-refractivity contribution in [2.45, 2.75) is 0 Å². The van der Waals surface area contributed by atoms with Gasteiger partial charge in [0, 0.05) is 5.21 Å². The molecule has 0 aliphatic heterocycles. The van der Waals surface area contributed by atoms with Gasteiger partial charge in [-0.25, -0.2) is 0 Å². The van der Waals surface area contributed by atoms with E-state index in [2.05, 4.69) is 15.5 Å². The molecule has 2 aromatic rings. The molecule has 0 aliphatic carbocycles. The van der Waals surface area contributed by atoms with Crippen LogP contribution in [0.15, 0.2) is 12.1 Å². The largest absolute Gasteiger partial charge is 0.485 e. The fraction of sp³-hybridized carbons (Fsp3) is 0. The number of hydrogen-bond acceptors (Lipinski definition) is 11. The van der Waals surface area contributed by atoms with E-state index >= 15 is 0 Å². The van der Waals surface area contributed by atoms with Crippen molar-refractivity contribution in [3.8, 4) is 5.69 Å². The van der Waals surface area contributed by atoms with E-state index in [9.17, 15) is 40.5 Å². The van der Waals surface area contributed by atoms with Crippen molar-refractivity contribution in [3.05, 3.63) is 52.6 Å². The highest BCUT2D eigenvalue weighted by Crippen LogP contribution is 2.37. The predicted molar refractivity (Wildman–Crippen MR) is 65.8 cm³/mol. The Kier molecular flexibility index (Phi) is 3.55. The summed E-state index contributed by atoms with van der Waals surface area (Å²) in [6.07, 6.45) is 0. The molecule has 0 amide bonds. The van der Waals surface area contributed by atoms with Gasteiger partial charge in [0.2, 0.25) is 0 Å². The Hall–Kier alpha value is -4.11. The average molecular weight is 326 g/mol. The summed E-state index contributed by atoms with van der Waals surface area (Å²) in [5.74, 6) is -1.13. The van der Waals surface area contributed by atoms with Gasteiger partial charge in [-0.3, -0.25) is 30.3 Å². The third-order valence-corrected chi connectivity index (χ3v) is 2.49. The molecule has 0 unspecified atom stereocenters. The smallest absolute Gasteiger partial charge is 0.390 e. The van der Waals surface area contributed by atoms with E-state index in [4.69, 9.17) is 0 Å². The molecule has 23 heavy (non-hydrogen) atoms. The minimum Gasteiger partial charge on any atom is -0.390 e. The lowest BCUT2D eigenvalue weighted by Gasteiger charge is -2.01. The van der Waals surface area contributed by atoms with Crippen molar-refractivity contribution >= 4 is 23.0 Å². The molecule has 0 saturated heterocycles. The number of nitro benzene ring substituents is 3. The van der Waals surface area contributed by atoms with Gasteiger partial charge in [-0.2, -0.15) is 0 Å². The Bertz CT molecular complexity index is 823. The van der Waals surface area contributed by atoms with Crippen molar-refractivity contribution in [1.29, 1.82) is 0 Å². The minimum absolute atomic E-state index is 0.153. The third kappa shape index (κ3) is 2.57. The SMILES string of the molecule is O=[N+]([O-])c1cc([N+](=O)[O-])c(-n2nnnc2[N+](=O)[O-])c([N+](=O)[O-])c1. The number of aromatic nitrogens is 4. The van der Waals surface area contributed by atoms with E-state index in [0.717, 1.165) is 0 Å². The average Bonchev–Trinajstić information content (AvgIpc) is 2.94. The zero-order valence-electron chi connectivity index (χ0n) is 10.5. The second-order valence-electron chi connectivity index (χ2n) is 3.75. The van der Waals surface area contributed by atoms with Crippen molar-refractivity contribution in [2.24, 2.45) is 0 Å². The molecule has 0 radical (unpaired) electrons. The maximum atomic E-state index is 11.1. The molecular formula is C7H2N8O8. The first kappa shape index (κ1) is 15.3. The van der Waals surface area contributed by atoms with Gasteiger partial charge in [0.05, 0.1) is 37.2 Å². The van der Waals surface area contributed by atoms with Gasteiger partial charge in [-0.15, -0.1) is 0 Å². The Labute approximate surface area is 122 Å². The first-order valence-corrected chi connectivity index (χ1v) is 5.28. The molecule has 0 saturated carbocycles. The summed E-state index contributed by atoms with van der Waals surface area (Å²) in [5.41, 5.74) is -4.19. The van der Waals surface area contributed by atoms with Crippen LogP contribution in [0.4, 0.5) is 23.0 Å². The van der Waals surface area contributed by atoms with Crippen LogP contribution in [0.1, 0.15) is 0 Å². The van der Waals surface area contributed by atoms with Gasteiger partial charge < -0.3 is 10.1 Å². The monoisotopic (exact) mass is 326 g/mol. The molecule has 0 spiro atoms. The van der Waals surface area contributed by atoms with Crippen LogP contribution in [-0.4, -0.2) is 39.9 Å². The van der Waals surface area contributed by atoms with Gasteiger partial charge in [0.25, 0.3) is 11.4 Å². The number of benzene rings is 1. The normalized spacial score (nSPS) is 10.3. The molecule has 1 aromatic carbocycles. The summed E-state index contributed by atoms with van der Waals surface area (Å²) in [5, 5.41) is 52.6. The highest BCUT2D eigenvalue weighted by Gasteiger charge is 2.38. The molecule has 2 rings (SSSR count). The number of tetrazole rings is 1. The summed E-state index contributed by atoms with van der Waals surface area (Å²) in [4.78, 5) is 39.1. The Morgan fingerprint density at radius 3 is 1.74 bits per heavy atom. The van der Waals surface area contributed by atoms with Crippen LogP contribution in [0.25, 0.3) is 5.69 Å². The van der Waals surface area contributed by atoms with Crippen molar-refractivity contribution in [3.63, 3.8) is 0 Å². The van der Waals surface area contributed by atoms with E-state index in [1.807, 2.05) is 0 Å². The van der Waals surface area contributed by atoms with Crippen LogP contribution in [-0.2, 0) is 0 Å². The van der Waals surface area contributed by atoms with E-state index in [0.29, 0.717) is 12.1 Å². The molecule has 1 heterocycles. The second-order valence-corrected chi connectivity index (χ2v) is 3.75. The highest BCUT2D eigenvalue weighted by atomic mass is 16.6. The van der Waals surface area contributed by atoms with Crippen LogP contribution in [0.3, 0.4) is 0 Å². The van der Waals surface area contributed by atoms with Crippen LogP contribution in [0.5, 0.6) is 0 Å². The highest BCUT2D eigenvalue weighted by molar-refractivity contribution is 5.70. The van der Waals surface area contributed by atoms with Crippen LogP contribution < -0.4 is 0 Å². The second kappa shape index (κ2) is 5.35. The maximum Gasteiger partial charge on any atom is 0.485 e. The summed E-state index contributed by atoms with van der Waals surface area (Å²) in [6.45, 7) is 0. The molecule has 0 aliphatic rings. The molecule has 1 aromatic heterocycles. The van der Waals surface area contributed by atoms with Crippen molar-refractivity contribution in [2.75, 3.05) is 0 Å². The number of nitrogens with zero attached hydrogens (tertiary/aromatic N) is 8. The first-order valence-electron chi connectivity index (χ1n) is 5.28. The zero-order chi connectivity index (χ0) is 17.3. The van der Waals surface area contributed by atoms with Crippen LogP contribution in [0.2, 0.25) is 0 Å². The molecule has 0 fully saturated rings. The number of rotatable bonds is 5. The fourth-order valence-corrected chi connectivity index (χ4v) is 1.63. The summed E-state index contributed by atoms with van der Waals surface area (Å²) in [7, 11) is 0. The Morgan fingerprint density at radius 2 is 1.35 bits per heavy atom. The van der Waals surface area contributed by atoms with Gasteiger partial charge in [-0.1, -0.05) is 4.68 Å². The minimum atomic E-state index is -1.18. The molecule has 0 N–H and O–H groups in total. The lowest BCUT2D eigenvalue weighted by atomic mass is 10.2. The zero-order valence-corrected chi connectivity index (χ0v) is 10.5. The molecule has 118 valence electrons. The van der Waals surface area contributed by atoms with Gasteiger partial charge in [-0.05, 0) is 4.92 Å². The van der Waals surface area contributed by atoms with Crippen LogP contribution >= 0.6 is 0 Å². The Morgan fingerprint density at radius 1 is 0.826 bits per heavy atom. The van der Waals surface area contributed by atoms with Gasteiger partial charge >= 0.3 is 17.3 Å². The van der Waals surface area contributed by atoms with Crippen LogP contribution in [0, 0.1) is 40.5 Å². The molecular weight excluding hydrogens is 324 g/mol. The molecule has 16 nitrogen and oxygen atoms in total. The first-order chi connectivity index (χ1) is 10.7. The maximum absolute atomic E-state index is 11.1. The standard InChI is InChI=1S/C7H2N8O8/c16-12(17)3-1-4(13(18)19)6(5(2-3)14(20)21)11-7(15(22)23)8-9-10-11/h1-2H. The van der Waals surface area contributed by atoms with Gasteiger partial charge in [0.15, 0.2) is 0 Å². The fourth-order valence-electron chi connectivity index (χ4n) is 1.63. The molecule has 0 atom stereocenters. The van der Waals surface area contributed by atoms with Gasteiger partial charge in [0.1, 0.15) is 0 Å². The Balaban J connectivity index is 2.92. The number of non-ortho nitro benzene ring substituents is 1. The van der Waals surface area contributed by atoms with Crippen molar-refractivity contribution in [1.82, 2.24) is 20.2 Å². The quantitative estimate of drug-likeness (QED) is 0.537. The lowest BCUT2D eigenvalue weighted by molar-refractivity contribution is -0.405. The van der Waals surface area contributed by atoms with Crippen molar-refractivity contribution < 1.29 is 19.7 Å². The molecule has 16 heteroatoms. The molecule has 0 bridgehead atoms. The van der Waals surface area contributed by atoms with E-state index in [-0.39, 0.29) is 4.68 Å².